The number of rotatable bonds is 1. The molecule has 19 heavy (non-hydrogen) atoms. The van der Waals surface area contributed by atoms with Gasteiger partial charge in [-0.2, -0.15) is 0 Å². The molecule has 0 aliphatic carbocycles. The van der Waals surface area contributed by atoms with Crippen LogP contribution >= 0.6 is 0 Å². The highest BCUT2D eigenvalue weighted by atomic mass is 16.2. The molecule has 0 radical (unpaired) electrons. The molecule has 0 unspecified atom stereocenters. The largest absolute Gasteiger partial charge is 0.339 e. The molecular formula is C16H18N2O. The molecule has 1 aliphatic rings. The van der Waals surface area contributed by atoms with Gasteiger partial charge in [-0.3, -0.25) is 4.79 Å². The van der Waals surface area contributed by atoms with E-state index in [2.05, 4.69) is 6.07 Å². The fourth-order valence-electron chi connectivity index (χ4n) is 2.61. The molecular weight excluding hydrogens is 236 g/mol. The molecule has 98 valence electrons. The van der Waals surface area contributed by atoms with E-state index in [1.165, 1.54) is 5.39 Å². The van der Waals surface area contributed by atoms with Gasteiger partial charge in [0.15, 0.2) is 0 Å². The van der Waals surface area contributed by atoms with Crippen LogP contribution in [0.3, 0.4) is 0 Å². The number of benzene rings is 2. The fourth-order valence-corrected chi connectivity index (χ4v) is 2.61. The molecule has 0 atom stereocenters. The van der Waals surface area contributed by atoms with Crippen molar-refractivity contribution in [2.75, 3.05) is 13.1 Å². The highest BCUT2D eigenvalue weighted by molar-refractivity contribution is 5.98. The zero-order valence-electron chi connectivity index (χ0n) is 10.9. The minimum Gasteiger partial charge on any atom is -0.339 e. The Balaban J connectivity index is 1.85. The number of piperidine rings is 1. The number of amides is 1. The molecule has 3 heteroatoms. The van der Waals surface area contributed by atoms with Crippen molar-refractivity contribution in [2.24, 2.45) is 5.73 Å². The molecule has 1 saturated heterocycles. The maximum atomic E-state index is 12.4. The molecule has 2 aromatic carbocycles. The third-order valence-corrected chi connectivity index (χ3v) is 3.82. The number of hydrogen-bond donors (Lipinski definition) is 1. The molecule has 0 bridgehead atoms. The summed E-state index contributed by atoms with van der Waals surface area (Å²) in [6, 6.07) is 14.3. The fraction of sp³-hybridized carbons (Fsp3) is 0.312. The summed E-state index contributed by atoms with van der Waals surface area (Å²) in [5.41, 5.74) is 6.64. The highest BCUT2D eigenvalue weighted by Crippen LogP contribution is 2.18. The number of carbonyl (C=O) groups excluding carboxylic acids is 1. The maximum absolute atomic E-state index is 12.4. The first-order valence-corrected chi connectivity index (χ1v) is 6.78. The third-order valence-electron chi connectivity index (χ3n) is 3.82. The molecule has 3 rings (SSSR count). The van der Waals surface area contributed by atoms with E-state index in [0.717, 1.165) is 36.9 Å². The van der Waals surface area contributed by atoms with Crippen LogP contribution in [-0.2, 0) is 0 Å². The number of hydrogen-bond acceptors (Lipinski definition) is 2. The normalized spacial score (nSPS) is 16.8. The van der Waals surface area contributed by atoms with Crippen molar-refractivity contribution in [3.63, 3.8) is 0 Å². The van der Waals surface area contributed by atoms with Crippen molar-refractivity contribution in [1.29, 1.82) is 0 Å². The van der Waals surface area contributed by atoms with Gasteiger partial charge in [-0.15, -0.1) is 0 Å². The van der Waals surface area contributed by atoms with E-state index in [0.29, 0.717) is 0 Å². The first-order valence-electron chi connectivity index (χ1n) is 6.78. The molecule has 1 aliphatic heterocycles. The van der Waals surface area contributed by atoms with Crippen LogP contribution in [0.4, 0.5) is 0 Å². The third kappa shape index (κ3) is 2.47. The van der Waals surface area contributed by atoms with Gasteiger partial charge in [0.2, 0.25) is 0 Å². The van der Waals surface area contributed by atoms with E-state index in [1.807, 2.05) is 41.3 Å². The van der Waals surface area contributed by atoms with Crippen LogP contribution < -0.4 is 5.73 Å². The second-order valence-corrected chi connectivity index (χ2v) is 5.19. The highest BCUT2D eigenvalue weighted by Gasteiger charge is 2.21. The zero-order valence-corrected chi connectivity index (χ0v) is 10.9. The summed E-state index contributed by atoms with van der Waals surface area (Å²) in [4.78, 5) is 14.3. The number of likely N-dealkylation sites (tertiary alicyclic amines) is 1. The second-order valence-electron chi connectivity index (χ2n) is 5.19. The predicted octanol–water partition coefficient (Wildman–Crippen LogP) is 2.40. The molecule has 1 amide bonds. The molecule has 0 spiro atoms. The summed E-state index contributed by atoms with van der Waals surface area (Å²) in [6.45, 7) is 1.54. The van der Waals surface area contributed by atoms with Gasteiger partial charge >= 0.3 is 0 Å². The van der Waals surface area contributed by atoms with Crippen LogP contribution in [0.5, 0.6) is 0 Å². The number of carbonyl (C=O) groups is 1. The van der Waals surface area contributed by atoms with Crippen LogP contribution in [-0.4, -0.2) is 29.9 Å². The Hall–Kier alpha value is -1.87. The van der Waals surface area contributed by atoms with Crippen molar-refractivity contribution in [3.8, 4) is 0 Å². The topological polar surface area (TPSA) is 46.3 Å². The van der Waals surface area contributed by atoms with E-state index in [1.54, 1.807) is 0 Å². The van der Waals surface area contributed by atoms with Crippen LogP contribution in [0.1, 0.15) is 23.2 Å². The SMILES string of the molecule is NC1CCN(C(=O)c2ccc3ccccc3c2)CC1. The van der Waals surface area contributed by atoms with Crippen LogP contribution in [0.25, 0.3) is 10.8 Å². The molecule has 3 nitrogen and oxygen atoms in total. The number of nitrogens with two attached hydrogens (primary N) is 1. The van der Waals surface area contributed by atoms with Gasteiger partial charge in [0, 0.05) is 24.7 Å². The molecule has 1 heterocycles. The average Bonchev–Trinajstić information content (AvgIpc) is 2.47. The molecule has 0 aromatic heterocycles. The average molecular weight is 254 g/mol. The minimum absolute atomic E-state index is 0.123. The summed E-state index contributed by atoms with van der Waals surface area (Å²) in [5, 5.41) is 2.28. The van der Waals surface area contributed by atoms with E-state index < -0.39 is 0 Å². The zero-order chi connectivity index (χ0) is 13.2. The summed E-state index contributed by atoms with van der Waals surface area (Å²) < 4.78 is 0. The summed E-state index contributed by atoms with van der Waals surface area (Å²) in [7, 11) is 0. The van der Waals surface area contributed by atoms with Gasteiger partial charge in [-0.25, -0.2) is 0 Å². The lowest BCUT2D eigenvalue weighted by molar-refractivity contribution is 0.0715. The Labute approximate surface area is 113 Å². The Kier molecular flexibility index (Phi) is 3.22. The van der Waals surface area contributed by atoms with Crippen molar-refractivity contribution in [2.45, 2.75) is 18.9 Å². The second kappa shape index (κ2) is 5.02. The monoisotopic (exact) mass is 254 g/mol. The lowest BCUT2D eigenvalue weighted by atomic mass is 10.0. The van der Waals surface area contributed by atoms with E-state index in [4.69, 9.17) is 5.73 Å². The first-order chi connectivity index (χ1) is 9.24. The minimum atomic E-state index is 0.123. The van der Waals surface area contributed by atoms with Crippen LogP contribution in [0, 0.1) is 0 Å². The van der Waals surface area contributed by atoms with E-state index in [-0.39, 0.29) is 11.9 Å². The standard InChI is InChI=1S/C16H18N2O/c17-15-7-9-18(10-8-15)16(19)14-6-5-12-3-1-2-4-13(12)11-14/h1-6,11,15H,7-10,17H2. The van der Waals surface area contributed by atoms with Crippen molar-refractivity contribution < 1.29 is 4.79 Å². The van der Waals surface area contributed by atoms with Crippen LogP contribution in [0.2, 0.25) is 0 Å². The molecule has 2 aromatic rings. The summed E-state index contributed by atoms with van der Waals surface area (Å²) in [5.74, 6) is 0.123. The van der Waals surface area contributed by atoms with Gasteiger partial charge in [0.25, 0.3) is 5.91 Å². The number of nitrogens with zero attached hydrogens (tertiary/aromatic N) is 1. The Morgan fingerprint density at radius 3 is 2.47 bits per heavy atom. The predicted molar refractivity (Wildman–Crippen MR) is 77.1 cm³/mol. The first kappa shape index (κ1) is 12.2. The Bertz CT molecular complexity index is 600. The van der Waals surface area contributed by atoms with Gasteiger partial charge in [0.1, 0.15) is 0 Å². The smallest absolute Gasteiger partial charge is 0.253 e. The van der Waals surface area contributed by atoms with Gasteiger partial charge in [0.05, 0.1) is 0 Å². The summed E-state index contributed by atoms with van der Waals surface area (Å²) >= 11 is 0. The van der Waals surface area contributed by atoms with Gasteiger partial charge in [-0.05, 0) is 35.7 Å². The lowest BCUT2D eigenvalue weighted by Gasteiger charge is -2.30. The Morgan fingerprint density at radius 2 is 1.74 bits per heavy atom. The molecule has 1 fully saturated rings. The van der Waals surface area contributed by atoms with Crippen molar-refractivity contribution >= 4 is 16.7 Å². The van der Waals surface area contributed by atoms with E-state index >= 15 is 0 Å². The Morgan fingerprint density at radius 1 is 1.05 bits per heavy atom. The van der Waals surface area contributed by atoms with Gasteiger partial charge in [-0.1, -0.05) is 30.3 Å². The van der Waals surface area contributed by atoms with Gasteiger partial charge < -0.3 is 10.6 Å². The maximum Gasteiger partial charge on any atom is 0.253 e. The molecule has 2 N–H and O–H groups in total. The van der Waals surface area contributed by atoms with Crippen LogP contribution in [0.15, 0.2) is 42.5 Å². The van der Waals surface area contributed by atoms with Crippen molar-refractivity contribution in [1.82, 2.24) is 4.90 Å². The quantitative estimate of drug-likeness (QED) is 0.849. The molecule has 0 saturated carbocycles. The van der Waals surface area contributed by atoms with E-state index in [9.17, 15) is 4.79 Å². The van der Waals surface area contributed by atoms with Crippen molar-refractivity contribution in [3.05, 3.63) is 48.0 Å². The number of fused-ring (bicyclic) bond motifs is 1. The lowest BCUT2D eigenvalue weighted by Crippen LogP contribution is -2.42. The summed E-state index contributed by atoms with van der Waals surface area (Å²) in [6.07, 6.45) is 1.80.